The number of likely N-dealkylation sites (N-methyl/N-ethyl adjacent to an activating group) is 1. The highest BCUT2D eigenvalue weighted by Crippen LogP contribution is 2.23. The second-order valence-corrected chi connectivity index (χ2v) is 4.95. The molecule has 1 aromatic carbocycles. The summed E-state index contributed by atoms with van der Waals surface area (Å²) in [6.45, 7) is 3.01. The Hall–Kier alpha value is -1.81. The van der Waals surface area contributed by atoms with Gasteiger partial charge in [0.05, 0.1) is 5.69 Å². The van der Waals surface area contributed by atoms with Gasteiger partial charge >= 0.3 is 0 Å². The van der Waals surface area contributed by atoms with E-state index in [-0.39, 0.29) is 0 Å². The van der Waals surface area contributed by atoms with E-state index < -0.39 is 0 Å². The van der Waals surface area contributed by atoms with Crippen molar-refractivity contribution in [3.05, 3.63) is 35.8 Å². The van der Waals surface area contributed by atoms with E-state index in [1.54, 1.807) is 0 Å². The molecule has 4 heteroatoms. The second kappa shape index (κ2) is 5.89. The predicted octanol–water partition coefficient (Wildman–Crippen LogP) is 2.21. The van der Waals surface area contributed by atoms with Crippen LogP contribution < -0.4 is 10.2 Å². The number of H-pyrrole nitrogens is 1. The van der Waals surface area contributed by atoms with Crippen LogP contribution in [0.1, 0.15) is 11.5 Å². The summed E-state index contributed by atoms with van der Waals surface area (Å²) < 4.78 is 0. The Labute approximate surface area is 114 Å². The molecule has 0 aliphatic rings. The molecule has 4 nitrogen and oxygen atoms in total. The third-order valence-electron chi connectivity index (χ3n) is 3.20. The first-order valence-corrected chi connectivity index (χ1v) is 6.59. The van der Waals surface area contributed by atoms with Crippen molar-refractivity contribution in [3.63, 3.8) is 0 Å². The van der Waals surface area contributed by atoms with Crippen molar-refractivity contribution in [2.75, 3.05) is 32.6 Å². The molecule has 0 aliphatic heterocycles. The van der Waals surface area contributed by atoms with E-state index in [0.29, 0.717) is 0 Å². The number of hydrogen-bond donors (Lipinski definition) is 2. The van der Waals surface area contributed by atoms with Gasteiger partial charge in [-0.3, -0.25) is 0 Å². The molecule has 1 heterocycles. The molecule has 0 radical (unpaired) electrons. The lowest BCUT2D eigenvalue weighted by Gasteiger charge is -2.12. The quantitative estimate of drug-likeness (QED) is 0.864. The molecule has 2 N–H and O–H groups in total. The number of aromatic amines is 1. The molecule has 19 heavy (non-hydrogen) atoms. The Morgan fingerprint density at radius 3 is 2.47 bits per heavy atom. The fourth-order valence-corrected chi connectivity index (χ4v) is 2.08. The standard InChI is InChI=1S/C15H22N4/c1-11-15(18-14(17-11)9-10-16-2)12-5-7-13(8-6-12)19(3)4/h5-8,16H,9-10H2,1-4H3,(H,17,18). The van der Waals surface area contributed by atoms with Gasteiger partial charge in [0.15, 0.2) is 0 Å². The van der Waals surface area contributed by atoms with Crippen LogP contribution in [0.25, 0.3) is 11.3 Å². The third-order valence-corrected chi connectivity index (χ3v) is 3.20. The largest absolute Gasteiger partial charge is 0.378 e. The van der Waals surface area contributed by atoms with Crippen molar-refractivity contribution < 1.29 is 0 Å². The van der Waals surface area contributed by atoms with Crippen molar-refractivity contribution >= 4 is 5.69 Å². The summed E-state index contributed by atoms with van der Waals surface area (Å²) in [6, 6.07) is 8.49. The normalized spacial score (nSPS) is 10.7. The highest BCUT2D eigenvalue weighted by molar-refractivity contribution is 5.65. The smallest absolute Gasteiger partial charge is 0.108 e. The lowest BCUT2D eigenvalue weighted by Crippen LogP contribution is -2.11. The first-order valence-electron chi connectivity index (χ1n) is 6.59. The maximum absolute atomic E-state index is 4.68. The van der Waals surface area contributed by atoms with Gasteiger partial charge in [-0.15, -0.1) is 0 Å². The molecule has 0 saturated carbocycles. The topological polar surface area (TPSA) is 44.0 Å². The lowest BCUT2D eigenvalue weighted by atomic mass is 10.1. The summed E-state index contributed by atoms with van der Waals surface area (Å²) in [5.41, 5.74) is 4.54. The van der Waals surface area contributed by atoms with Crippen LogP contribution >= 0.6 is 0 Å². The molecule has 0 atom stereocenters. The third kappa shape index (κ3) is 3.15. The van der Waals surface area contributed by atoms with Crippen LogP contribution in [-0.4, -0.2) is 37.7 Å². The average Bonchev–Trinajstić information content (AvgIpc) is 2.77. The number of nitrogens with one attached hydrogen (secondary N) is 2. The number of imidazole rings is 1. The molecule has 2 aromatic rings. The zero-order chi connectivity index (χ0) is 13.8. The Kier molecular flexibility index (Phi) is 4.22. The van der Waals surface area contributed by atoms with Crippen LogP contribution in [0.15, 0.2) is 24.3 Å². The molecule has 0 amide bonds. The van der Waals surface area contributed by atoms with Crippen LogP contribution in [0, 0.1) is 6.92 Å². The Bertz CT molecular complexity index is 526. The van der Waals surface area contributed by atoms with Gasteiger partial charge in [-0.25, -0.2) is 4.98 Å². The Morgan fingerprint density at radius 1 is 1.21 bits per heavy atom. The number of rotatable bonds is 5. The molecule has 0 aliphatic carbocycles. The first kappa shape index (κ1) is 13.6. The SMILES string of the molecule is CNCCc1nc(-c2ccc(N(C)C)cc2)c(C)[nH]1. The van der Waals surface area contributed by atoms with Crippen LogP contribution in [0.4, 0.5) is 5.69 Å². The summed E-state index contributed by atoms with van der Waals surface area (Å²) in [4.78, 5) is 10.1. The number of benzene rings is 1. The van der Waals surface area contributed by atoms with Gasteiger partial charge < -0.3 is 15.2 Å². The minimum atomic E-state index is 0.924. The van der Waals surface area contributed by atoms with Crippen molar-refractivity contribution in [3.8, 4) is 11.3 Å². The van der Waals surface area contributed by atoms with E-state index in [0.717, 1.165) is 35.7 Å². The number of aryl methyl sites for hydroxylation is 1. The van der Waals surface area contributed by atoms with E-state index in [9.17, 15) is 0 Å². The van der Waals surface area contributed by atoms with Gasteiger partial charge in [0, 0.05) is 44.0 Å². The summed E-state index contributed by atoms with van der Waals surface area (Å²) in [5, 5.41) is 3.14. The minimum absolute atomic E-state index is 0.924. The van der Waals surface area contributed by atoms with Gasteiger partial charge in [-0.05, 0) is 26.1 Å². The summed E-state index contributed by atoms with van der Waals surface area (Å²) >= 11 is 0. The maximum atomic E-state index is 4.68. The van der Waals surface area contributed by atoms with Crippen LogP contribution in [0.3, 0.4) is 0 Å². The van der Waals surface area contributed by atoms with E-state index in [2.05, 4.69) is 51.4 Å². The highest BCUT2D eigenvalue weighted by atomic mass is 15.1. The van der Waals surface area contributed by atoms with Crippen LogP contribution in [-0.2, 0) is 6.42 Å². The van der Waals surface area contributed by atoms with E-state index in [4.69, 9.17) is 0 Å². The summed E-state index contributed by atoms with van der Waals surface area (Å²) in [7, 11) is 6.05. The van der Waals surface area contributed by atoms with Crippen molar-refractivity contribution in [1.82, 2.24) is 15.3 Å². The molecule has 0 saturated heterocycles. The second-order valence-electron chi connectivity index (χ2n) is 4.95. The number of hydrogen-bond acceptors (Lipinski definition) is 3. The highest BCUT2D eigenvalue weighted by Gasteiger charge is 2.08. The van der Waals surface area contributed by atoms with E-state index >= 15 is 0 Å². The fourth-order valence-electron chi connectivity index (χ4n) is 2.08. The van der Waals surface area contributed by atoms with Crippen molar-refractivity contribution in [2.45, 2.75) is 13.3 Å². The van der Waals surface area contributed by atoms with Gasteiger partial charge in [-0.1, -0.05) is 12.1 Å². The molecule has 0 spiro atoms. The number of nitrogens with zero attached hydrogens (tertiary/aromatic N) is 2. The minimum Gasteiger partial charge on any atom is -0.378 e. The summed E-state index contributed by atoms with van der Waals surface area (Å²) in [5.74, 6) is 1.04. The lowest BCUT2D eigenvalue weighted by molar-refractivity contribution is 0.763. The van der Waals surface area contributed by atoms with E-state index in [1.165, 1.54) is 5.69 Å². The zero-order valence-electron chi connectivity index (χ0n) is 12.1. The van der Waals surface area contributed by atoms with Crippen LogP contribution in [0.5, 0.6) is 0 Å². The van der Waals surface area contributed by atoms with Gasteiger partial charge in [0.2, 0.25) is 0 Å². The molecule has 0 unspecified atom stereocenters. The average molecular weight is 258 g/mol. The summed E-state index contributed by atoms with van der Waals surface area (Å²) in [6.07, 6.45) is 0.924. The molecular formula is C15H22N4. The molecule has 0 bridgehead atoms. The van der Waals surface area contributed by atoms with E-state index in [1.807, 2.05) is 21.1 Å². The molecule has 2 rings (SSSR count). The number of aromatic nitrogens is 2. The first-order chi connectivity index (χ1) is 9.11. The monoisotopic (exact) mass is 258 g/mol. The Morgan fingerprint density at radius 2 is 1.89 bits per heavy atom. The predicted molar refractivity (Wildman–Crippen MR) is 80.7 cm³/mol. The van der Waals surface area contributed by atoms with Crippen molar-refractivity contribution in [2.24, 2.45) is 0 Å². The van der Waals surface area contributed by atoms with Gasteiger partial charge in [0.1, 0.15) is 5.82 Å². The maximum Gasteiger partial charge on any atom is 0.108 e. The zero-order valence-corrected chi connectivity index (χ0v) is 12.1. The molecular weight excluding hydrogens is 236 g/mol. The van der Waals surface area contributed by atoms with Crippen molar-refractivity contribution in [1.29, 1.82) is 0 Å². The molecule has 102 valence electrons. The molecule has 0 fully saturated rings. The van der Waals surface area contributed by atoms with Crippen LogP contribution in [0.2, 0.25) is 0 Å². The Balaban J connectivity index is 2.23. The fraction of sp³-hybridized carbons (Fsp3) is 0.400. The van der Waals surface area contributed by atoms with Gasteiger partial charge in [0.25, 0.3) is 0 Å². The number of anilines is 1. The van der Waals surface area contributed by atoms with Gasteiger partial charge in [-0.2, -0.15) is 0 Å². The molecule has 1 aromatic heterocycles.